The molecule has 28 heavy (non-hydrogen) atoms. The average Bonchev–Trinajstić information content (AvgIpc) is 3.35. The number of ether oxygens (including phenoxy) is 2. The highest BCUT2D eigenvalue weighted by Gasteiger charge is 2.35. The lowest BCUT2D eigenvalue weighted by Gasteiger charge is -2.15. The predicted molar refractivity (Wildman–Crippen MR) is 98.9 cm³/mol. The van der Waals surface area contributed by atoms with E-state index >= 15 is 0 Å². The lowest BCUT2D eigenvalue weighted by Crippen LogP contribution is -2.24. The highest BCUT2D eigenvalue weighted by Crippen LogP contribution is 2.34. The maximum absolute atomic E-state index is 13.1. The molecule has 144 valence electrons. The number of carbonyl (C=O) groups excluding carboxylic acids is 1. The number of hydrogen-bond acceptors (Lipinski definition) is 6. The van der Waals surface area contributed by atoms with Crippen molar-refractivity contribution in [2.75, 3.05) is 25.7 Å². The van der Waals surface area contributed by atoms with Crippen LogP contribution < -0.4 is 14.4 Å². The van der Waals surface area contributed by atoms with E-state index in [-0.39, 0.29) is 24.1 Å². The Labute approximate surface area is 160 Å². The van der Waals surface area contributed by atoms with Crippen LogP contribution in [0.4, 0.5) is 10.1 Å². The molecule has 0 unspecified atom stereocenters. The molecular formula is C20H18FN3O4. The van der Waals surface area contributed by atoms with Crippen molar-refractivity contribution in [3.8, 4) is 22.9 Å². The Morgan fingerprint density at radius 2 is 1.86 bits per heavy atom. The summed E-state index contributed by atoms with van der Waals surface area (Å²) in [5.74, 6) is 1.33. The molecule has 1 amide bonds. The largest absolute Gasteiger partial charge is 0.493 e. The molecule has 2 aromatic carbocycles. The Kier molecular flexibility index (Phi) is 4.68. The monoisotopic (exact) mass is 383 g/mol. The second-order valence-electron chi connectivity index (χ2n) is 6.41. The zero-order valence-electron chi connectivity index (χ0n) is 15.4. The van der Waals surface area contributed by atoms with E-state index < -0.39 is 0 Å². The number of rotatable bonds is 5. The third kappa shape index (κ3) is 3.28. The van der Waals surface area contributed by atoms with Crippen LogP contribution in [-0.2, 0) is 4.79 Å². The molecule has 1 aliphatic rings. The Bertz CT molecular complexity index is 1000. The Balaban J connectivity index is 1.55. The number of anilines is 1. The summed E-state index contributed by atoms with van der Waals surface area (Å²) in [7, 11) is 3.12. The van der Waals surface area contributed by atoms with Crippen LogP contribution in [-0.4, -0.2) is 36.8 Å². The lowest BCUT2D eigenvalue weighted by atomic mass is 10.1. The zero-order chi connectivity index (χ0) is 19.7. The van der Waals surface area contributed by atoms with Gasteiger partial charge in [0.2, 0.25) is 17.6 Å². The first-order valence-corrected chi connectivity index (χ1v) is 8.71. The van der Waals surface area contributed by atoms with Crippen LogP contribution in [0.25, 0.3) is 11.4 Å². The van der Waals surface area contributed by atoms with E-state index in [4.69, 9.17) is 14.0 Å². The van der Waals surface area contributed by atoms with E-state index in [1.54, 1.807) is 49.5 Å². The van der Waals surface area contributed by atoms with Crippen LogP contribution in [0.5, 0.6) is 11.5 Å². The summed E-state index contributed by atoms with van der Waals surface area (Å²) in [4.78, 5) is 18.4. The smallest absolute Gasteiger partial charge is 0.232 e. The van der Waals surface area contributed by atoms with Gasteiger partial charge in [0.05, 0.1) is 20.1 Å². The standard InChI is InChI=1S/C20H18FN3O4/c1-26-16-8-3-12(9-17(16)27-2)19-22-20(28-23-19)13-10-18(25)24(11-13)15-6-4-14(21)5-7-15/h3-9,13H,10-11H2,1-2H3/t13-/m1/s1. The summed E-state index contributed by atoms with van der Waals surface area (Å²) in [5, 5.41) is 4.03. The summed E-state index contributed by atoms with van der Waals surface area (Å²) in [6.07, 6.45) is 0.255. The van der Waals surface area contributed by atoms with Gasteiger partial charge in [-0.05, 0) is 42.5 Å². The highest BCUT2D eigenvalue weighted by molar-refractivity contribution is 5.96. The maximum Gasteiger partial charge on any atom is 0.232 e. The van der Waals surface area contributed by atoms with E-state index in [0.717, 1.165) is 0 Å². The molecule has 0 aliphatic carbocycles. The first kappa shape index (κ1) is 18.0. The molecule has 0 saturated carbocycles. The summed E-state index contributed by atoms with van der Waals surface area (Å²) < 4.78 is 29.1. The van der Waals surface area contributed by atoms with Crippen molar-refractivity contribution >= 4 is 11.6 Å². The first-order chi connectivity index (χ1) is 13.6. The number of nitrogens with zero attached hydrogens (tertiary/aromatic N) is 3. The van der Waals surface area contributed by atoms with Crippen molar-refractivity contribution in [3.05, 3.63) is 54.2 Å². The van der Waals surface area contributed by atoms with Gasteiger partial charge in [-0.25, -0.2) is 4.39 Å². The van der Waals surface area contributed by atoms with E-state index in [2.05, 4.69) is 10.1 Å². The molecule has 1 aromatic heterocycles. The van der Waals surface area contributed by atoms with Crippen molar-refractivity contribution in [1.29, 1.82) is 0 Å². The Hall–Kier alpha value is -3.42. The third-order valence-electron chi connectivity index (χ3n) is 4.70. The van der Waals surface area contributed by atoms with Crippen molar-refractivity contribution in [2.24, 2.45) is 0 Å². The number of benzene rings is 2. The molecule has 7 nitrogen and oxygen atoms in total. The highest BCUT2D eigenvalue weighted by atomic mass is 19.1. The van der Waals surface area contributed by atoms with E-state index in [1.165, 1.54) is 12.1 Å². The van der Waals surface area contributed by atoms with Gasteiger partial charge >= 0.3 is 0 Å². The van der Waals surface area contributed by atoms with Crippen molar-refractivity contribution in [1.82, 2.24) is 10.1 Å². The molecule has 0 radical (unpaired) electrons. The summed E-state index contributed by atoms with van der Waals surface area (Å²) in [5.41, 5.74) is 1.36. The van der Waals surface area contributed by atoms with Crippen LogP contribution in [0.1, 0.15) is 18.2 Å². The summed E-state index contributed by atoms with van der Waals surface area (Å²) in [6.45, 7) is 0.401. The maximum atomic E-state index is 13.1. The van der Waals surface area contributed by atoms with Gasteiger partial charge in [-0.3, -0.25) is 4.79 Å². The number of methoxy groups -OCH3 is 2. The molecule has 2 heterocycles. The van der Waals surface area contributed by atoms with Gasteiger partial charge in [0.25, 0.3) is 0 Å². The molecule has 4 rings (SSSR count). The van der Waals surface area contributed by atoms with Crippen LogP contribution in [0.2, 0.25) is 0 Å². The van der Waals surface area contributed by atoms with Gasteiger partial charge in [-0.2, -0.15) is 4.98 Å². The normalized spacial score (nSPS) is 16.5. The summed E-state index contributed by atoms with van der Waals surface area (Å²) >= 11 is 0. The van der Waals surface area contributed by atoms with Crippen molar-refractivity contribution < 1.29 is 23.2 Å². The zero-order valence-corrected chi connectivity index (χ0v) is 15.4. The average molecular weight is 383 g/mol. The molecule has 8 heteroatoms. The predicted octanol–water partition coefficient (Wildman–Crippen LogP) is 3.41. The number of carbonyl (C=O) groups is 1. The van der Waals surface area contributed by atoms with Crippen LogP contribution in [0, 0.1) is 5.82 Å². The van der Waals surface area contributed by atoms with Crippen LogP contribution >= 0.6 is 0 Å². The van der Waals surface area contributed by atoms with Crippen molar-refractivity contribution in [2.45, 2.75) is 12.3 Å². The Morgan fingerprint density at radius 3 is 2.57 bits per heavy atom. The van der Waals surface area contributed by atoms with E-state index in [9.17, 15) is 9.18 Å². The fraction of sp³-hybridized carbons (Fsp3) is 0.250. The molecular weight excluding hydrogens is 365 g/mol. The third-order valence-corrected chi connectivity index (χ3v) is 4.70. The second-order valence-corrected chi connectivity index (χ2v) is 6.41. The number of hydrogen-bond donors (Lipinski definition) is 0. The lowest BCUT2D eigenvalue weighted by molar-refractivity contribution is -0.117. The number of amides is 1. The van der Waals surface area contributed by atoms with E-state index in [1.807, 2.05) is 0 Å². The molecule has 0 bridgehead atoms. The van der Waals surface area contributed by atoms with Crippen molar-refractivity contribution in [3.63, 3.8) is 0 Å². The quantitative estimate of drug-likeness (QED) is 0.672. The molecule has 1 aliphatic heterocycles. The molecule has 1 fully saturated rings. The van der Waals surface area contributed by atoms with Gasteiger partial charge in [-0.15, -0.1) is 0 Å². The molecule has 0 spiro atoms. The number of aromatic nitrogens is 2. The molecule has 3 aromatic rings. The van der Waals surface area contributed by atoms with Gasteiger partial charge in [-0.1, -0.05) is 5.16 Å². The molecule has 1 atom stereocenters. The topological polar surface area (TPSA) is 77.7 Å². The molecule has 0 N–H and O–H groups in total. The van der Waals surface area contributed by atoms with Crippen LogP contribution in [0.3, 0.4) is 0 Å². The van der Waals surface area contributed by atoms with Gasteiger partial charge in [0.1, 0.15) is 5.82 Å². The minimum atomic E-state index is -0.344. The fourth-order valence-corrected chi connectivity index (χ4v) is 3.24. The fourth-order valence-electron chi connectivity index (χ4n) is 3.24. The van der Waals surface area contributed by atoms with Gasteiger partial charge < -0.3 is 18.9 Å². The van der Waals surface area contributed by atoms with Gasteiger partial charge in [0, 0.05) is 24.2 Å². The molecule has 1 saturated heterocycles. The Morgan fingerprint density at radius 1 is 1.11 bits per heavy atom. The summed E-state index contributed by atoms with van der Waals surface area (Å²) in [6, 6.07) is 11.2. The minimum Gasteiger partial charge on any atom is -0.493 e. The number of halogens is 1. The minimum absolute atomic E-state index is 0.0672. The van der Waals surface area contributed by atoms with Gasteiger partial charge in [0.15, 0.2) is 11.5 Å². The first-order valence-electron chi connectivity index (χ1n) is 8.71. The van der Waals surface area contributed by atoms with Crippen LogP contribution in [0.15, 0.2) is 47.0 Å². The second kappa shape index (κ2) is 7.30. The van der Waals surface area contributed by atoms with E-state index in [0.29, 0.717) is 41.0 Å². The SMILES string of the molecule is COc1ccc(-c2noc([C@@H]3CC(=O)N(c4ccc(F)cc4)C3)n2)cc1OC.